The number of anilines is 1. The average molecular weight is 329 g/mol. The summed E-state index contributed by atoms with van der Waals surface area (Å²) in [6, 6.07) is 6.88. The van der Waals surface area contributed by atoms with Gasteiger partial charge in [0.25, 0.3) is 5.91 Å². The average Bonchev–Trinajstić information content (AvgIpc) is 2.91. The number of rotatable bonds is 6. The topological polar surface area (TPSA) is 70.5 Å². The Morgan fingerprint density at radius 2 is 1.83 bits per heavy atom. The third-order valence-corrected chi connectivity index (χ3v) is 3.45. The van der Waals surface area contributed by atoms with Crippen LogP contribution >= 0.6 is 0 Å². The maximum absolute atomic E-state index is 12.1. The van der Waals surface area contributed by atoms with Crippen LogP contribution in [-0.2, 0) is 18.4 Å². The van der Waals surface area contributed by atoms with Gasteiger partial charge in [-0.2, -0.15) is 5.10 Å². The van der Waals surface area contributed by atoms with E-state index >= 15 is 0 Å². The van der Waals surface area contributed by atoms with E-state index in [0.29, 0.717) is 17.8 Å². The molecule has 0 bridgehead atoms. The number of hydrogen-bond donors (Lipinski definition) is 1. The second-order valence-electron chi connectivity index (χ2n) is 6.02. The lowest BCUT2D eigenvalue weighted by Crippen LogP contribution is -2.29. The van der Waals surface area contributed by atoms with Crippen molar-refractivity contribution in [3.05, 3.63) is 47.8 Å². The van der Waals surface area contributed by atoms with E-state index in [2.05, 4.69) is 10.4 Å². The van der Waals surface area contributed by atoms with Gasteiger partial charge in [0.1, 0.15) is 0 Å². The number of aryl methyl sites for hydroxylation is 1. The highest BCUT2D eigenvalue weighted by molar-refractivity contribution is 5.95. The van der Waals surface area contributed by atoms with E-state index in [1.54, 1.807) is 49.2 Å². The SMILES string of the molecule is CN(CC(=O)Nc1ccc(C(=O)N(C)C)cc1)Cc1cnn(C)c1. The normalized spacial score (nSPS) is 10.7. The minimum absolute atomic E-state index is 0.0657. The molecule has 0 aliphatic rings. The number of amides is 2. The summed E-state index contributed by atoms with van der Waals surface area (Å²) in [5.41, 5.74) is 2.32. The summed E-state index contributed by atoms with van der Waals surface area (Å²) in [5.74, 6) is -0.169. The van der Waals surface area contributed by atoms with Crippen LogP contribution in [0, 0.1) is 0 Å². The van der Waals surface area contributed by atoms with Crippen LogP contribution in [0.5, 0.6) is 0 Å². The third kappa shape index (κ3) is 4.92. The highest BCUT2D eigenvalue weighted by atomic mass is 16.2. The number of nitrogens with one attached hydrogen (secondary N) is 1. The van der Waals surface area contributed by atoms with Crippen LogP contribution in [0.1, 0.15) is 15.9 Å². The molecule has 0 aliphatic heterocycles. The van der Waals surface area contributed by atoms with E-state index in [-0.39, 0.29) is 18.4 Å². The minimum Gasteiger partial charge on any atom is -0.345 e. The molecule has 7 heteroatoms. The van der Waals surface area contributed by atoms with Crippen molar-refractivity contribution in [3.63, 3.8) is 0 Å². The Bertz CT molecular complexity index is 706. The Morgan fingerprint density at radius 1 is 1.17 bits per heavy atom. The standard InChI is InChI=1S/C17H23N5O2/c1-20(2)17(24)14-5-7-15(8-6-14)19-16(23)12-21(3)10-13-9-18-22(4)11-13/h5-9,11H,10,12H2,1-4H3,(H,19,23). The third-order valence-electron chi connectivity index (χ3n) is 3.45. The molecule has 0 aliphatic carbocycles. The summed E-state index contributed by atoms with van der Waals surface area (Å²) in [6.45, 7) is 0.921. The van der Waals surface area contributed by atoms with Gasteiger partial charge in [0.2, 0.25) is 5.91 Å². The van der Waals surface area contributed by atoms with Crippen LogP contribution in [-0.4, -0.2) is 59.1 Å². The Morgan fingerprint density at radius 3 is 2.38 bits per heavy atom. The molecular formula is C17H23N5O2. The van der Waals surface area contributed by atoms with Crippen molar-refractivity contribution in [2.45, 2.75) is 6.54 Å². The first kappa shape index (κ1) is 17.7. The van der Waals surface area contributed by atoms with Crippen LogP contribution in [0.3, 0.4) is 0 Å². The van der Waals surface area contributed by atoms with Gasteiger partial charge in [0.15, 0.2) is 0 Å². The molecule has 1 heterocycles. The highest BCUT2D eigenvalue weighted by Gasteiger charge is 2.10. The molecule has 1 N–H and O–H groups in total. The second kappa shape index (κ2) is 7.74. The molecule has 1 aromatic heterocycles. The fraction of sp³-hybridized carbons (Fsp3) is 0.353. The van der Waals surface area contributed by atoms with E-state index in [1.165, 1.54) is 4.90 Å². The lowest BCUT2D eigenvalue weighted by atomic mass is 10.2. The van der Waals surface area contributed by atoms with Crippen LogP contribution < -0.4 is 5.32 Å². The molecule has 0 unspecified atom stereocenters. The summed E-state index contributed by atoms with van der Waals surface area (Å²) in [6.07, 6.45) is 3.71. The molecule has 0 radical (unpaired) electrons. The van der Waals surface area contributed by atoms with Crippen LogP contribution in [0.25, 0.3) is 0 Å². The number of benzene rings is 1. The van der Waals surface area contributed by atoms with E-state index in [0.717, 1.165) is 5.56 Å². The summed E-state index contributed by atoms with van der Waals surface area (Å²) in [4.78, 5) is 27.3. The Kier molecular flexibility index (Phi) is 5.70. The highest BCUT2D eigenvalue weighted by Crippen LogP contribution is 2.11. The predicted octanol–water partition coefficient (Wildman–Crippen LogP) is 1.19. The number of likely N-dealkylation sites (N-methyl/N-ethyl adjacent to an activating group) is 1. The van der Waals surface area contributed by atoms with E-state index in [1.807, 2.05) is 25.2 Å². The molecule has 2 rings (SSSR count). The largest absolute Gasteiger partial charge is 0.345 e. The molecule has 0 atom stereocenters. The number of nitrogens with zero attached hydrogens (tertiary/aromatic N) is 4. The molecule has 0 spiro atoms. The van der Waals surface area contributed by atoms with Gasteiger partial charge in [0, 0.05) is 50.7 Å². The molecule has 2 amide bonds. The number of carbonyl (C=O) groups excluding carboxylic acids is 2. The Balaban J connectivity index is 1.86. The van der Waals surface area contributed by atoms with Crippen molar-refractivity contribution in [2.24, 2.45) is 7.05 Å². The first-order valence-electron chi connectivity index (χ1n) is 7.63. The van der Waals surface area contributed by atoms with Crippen molar-refractivity contribution in [1.82, 2.24) is 19.6 Å². The quantitative estimate of drug-likeness (QED) is 0.864. The summed E-state index contributed by atoms with van der Waals surface area (Å²) in [7, 11) is 7.15. The number of carbonyl (C=O) groups is 2. The van der Waals surface area contributed by atoms with Crippen molar-refractivity contribution >= 4 is 17.5 Å². The fourth-order valence-corrected chi connectivity index (χ4v) is 2.32. The second-order valence-corrected chi connectivity index (χ2v) is 6.02. The van der Waals surface area contributed by atoms with Gasteiger partial charge in [0.05, 0.1) is 12.7 Å². The molecule has 0 fully saturated rings. The van der Waals surface area contributed by atoms with Gasteiger partial charge in [-0.3, -0.25) is 19.2 Å². The zero-order chi connectivity index (χ0) is 17.7. The van der Waals surface area contributed by atoms with E-state index in [9.17, 15) is 9.59 Å². The first-order valence-corrected chi connectivity index (χ1v) is 7.63. The smallest absolute Gasteiger partial charge is 0.253 e. The molecule has 0 saturated heterocycles. The van der Waals surface area contributed by atoms with Gasteiger partial charge in [-0.1, -0.05) is 0 Å². The zero-order valence-corrected chi connectivity index (χ0v) is 14.5. The van der Waals surface area contributed by atoms with Crippen molar-refractivity contribution < 1.29 is 9.59 Å². The molecule has 1 aromatic carbocycles. The van der Waals surface area contributed by atoms with E-state index < -0.39 is 0 Å². The predicted molar refractivity (Wildman–Crippen MR) is 92.6 cm³/mol. The van der Waals surface area contributed by atoms with Crippen molar-refractivity contribution in [1.29, 1.82) is 0 Å². The summed E-state index contributed by atoms with van der Waals surface area (Å²) < 4.78 is 1.74. The Labute approximate surface area is 141 Å². The van der Waals surface area contributed by atoms with Gasteiger partial charge in [-0.25, -0.2) is 0 Å². The van der Waals surface area contributed by atoms with Gasteiger partial charge < -0.3 is 10.2 Å². The lowest BCUT2D eigenvalue weighted by Gasteiger charge is -2.15. The molecule has 7 nitrogen and oxygen atoms in total. The maximum Gasteiger partial charge on any atom is 0.253 e. The van der Waals surface area contributed by atoms with Crippen LogP contribution in [0.15, 0.2) is 36.7 Å². The minimum atomic E-state index is -0.104. The summed E-state index contributed by atoms with van der Waals surface area (Å²) in [5, 5.41) is 6.94. The first-order chi connectivity index (χ1) is 11.3. The molecule has 128 valence electrons. The van der Waals surface area contributed by atoms with Crippen molar-refractivity contribution in [3.8, 4) is 0 Å². The fourth-order valence-electron chi connectivity index (χ4n) is 2.32. The van der Waals surface area contributed by atoms with Crippen LogP contribution in [0.2, 0.25) is 0 Å². The number of aromatic nitrogens is 2. The van der Waals surface area contributed by atoms with Gasteiger partial charge in [-0.15, -0.1) is 0 Å². The van der Waals surface area contributed by atoms with Gasteiger partial charge >= 0.3 is 0 Å². The molecule has 0 saturated carbocycles. The maximum atomic E-state index is 12.1. The van der Waals surface area contributed by atoms with Crippen molar-refractivity contribution in [2.75, 3.05) is 33.0 Å². The molecule has 2 aromatic rings. The van der Waals surface area contributed by atoms with E-state index in [4.69, 9.17) is 0 Å². The van der Waals surface area contributed by atoms with Crippen LogP contribution in [0.4, 0.5) is 5.69 Å². The Hall–Kier alpha value is -2.67. The number of hydrogen-bond acceptors (Lipinski definition) is 4. The molecule has 24 heavy (non-hydrogen) atoms. The monoisotopic (exact) mass is 329 g/mol. The summed E-state index contributed by atoms with van der Waals surface area (Å²) >= 11 is 0. The molecular weight excluding hydrogens is 306 g/mol. The van der Waals surface area contributed by atoms with Gasteiger partial charge in [-0.05, 0) is 31.3 Å². The lowest BCUT2D eigenvalue weighted by molar-refractivity contribution is -0.117. The zero-order valence-electron chi connectivity index (χ0n) is 14.5.